The molecule has 1 aromatic rings. The highest BCUT2D eigenvalue weighted by molar-refractivity contribution is 5.76. The standard InChI is InChI=1S/C11H14N2O4/c12-10(14)7-17-13-6-9(11(15)16)8-4-2-1-3-5-8/h1-5,9,13H,6-7H2,(H2,12,14)(H,15,16). The van der Waals surface area contributed by atoms with Gasteiger partial charge in [0, 0.05) is 6.54 Å². The molecule has 1 aromatic carbocycles. The molecule has 0 saturated carbocycles. The van der Waals surface area contributed by atoms with Crippen molar-refractivity contribution >= 4 is 11.9 Å². The number of aliphatic carboxylic acids is 1. The van der Waals surface area contributed by atoms with Gasteiger partial charge in [-0.25, -0.2) is 5.48 Å². The number of amides is 1. The number of rotatable bonds is 7. The van der Waals surface area contributed by atoms with Gasteiger partial charge in [0.1, 0.15) is 6.61 Å². The maximum Gasteiger partial charge on any atom is 0.312 e. The normalized spacial score (nSPS) is 12.0. The van der Waals surface area contributed by atoms with Crippen LogP contribution in [0.4, 0.5) is 0 Å². The summed E-state index contributed by atoms with van der Waals surface area (Å²) in [5, 5.41) is 9.05. The molecule has 4 N–H and O–H groups in total. The Morgan fingerprint density at radius 3 is 2.53 bits per heavy atom. The number of carbonyl (C=O) groups is 2. The summed E-state index contributed by atoms with van der Waals surface area (Å²) < 4.78 is 0. The molecular formula is C11H14N2O4. The largest absolute Gasteiger partial charge is 0.481 e. The van der Waals surface area contributed by atoms with Crippen molar-refractivity contribution in [3.05, 3.63) is 35.9 Å². The Morgan fingerprint density at radius 1 is 1.35 bits per heavy atom. The van der Waals surface area contributed by atoms with Crippen LogP contribution in [-0.2, 0) is 14.4 Å². The lowest BCUT2D eigenvalue weighted by Crippen LogP contribution is -2.30. The number of nitrogens with one attached hydrogen (secondary N) is 1. The quantitative estimate of drug-likeness (QED) is 0.453. The first-order valence-corrected chi connectivity index (χ1v) is 5.02. The summed E-state index contributed by atoms with van der Waals surface area (Å²) in [5.41, 5.74) is 7.94. The Kier molecular flexibility index (Phi) is 5.12. The summed E-state index contributed by atoms with van der Waals surface area (Å²) in [6.07, 6.45) is 0. The van der Waals surface area contributed by atoms with Crippen molar-refractivity contribution in [1.82, 2.24) is 5.48 Å². The molecular weight excluding hydrogens is 224 g/mol. The van der Waals surface area contributed by atoms with Crippen molar-refractivity contribution in [2.24, 2.45) is 5.73 Å². The van der Waals surface area contributed by atoms with Crippen molar-refractivity contribution < 1.29 is 19.5 Å². The van der Waals surface area contributed by atoms with Crippen LogP contribution < -0.4 is 11.2 Å². The molecule has 0 fully saturated rings. The average molecular weight is 238 g/mol. The predicted molar refractivity (Wildman–Crippen MR) is 60.0 cm³/mol. The Bertz CT molecular complexity index is 380. The number of carboxylic acids is 1. The molecule has 1 rings (SSSR count). The van der Waals surface area contributed by atoms with Crippen LogP contribution in [0.2, 0.25) is 0 Å². The molecule has 0 radical (unpaired) electrons. The zero-order valence-corrected chi connectivity index (χ0v) is 9.13. The van der Waals surface area contributed by atoms with Gasteiger partial charge in [0.05, 0.1) is 5.92 Å². The summed E-state index contributed by atoms with van der Waals surface area (Å²) in [5.74, 6) is -2.32. The topological polar surface area (TPSA) is 102 Å². The van der Waals surface area contributed by atoms with Crippen LogP contribution in [0.5, 0.6) is 0 Å². The van der Waals surface area contributed by atoms with E-state index in [1.165, 1.54) is 0 Å². The average Bonchev–Trinajstić information content (AvgIpc) is 2.29. The minimum Gasteiger partial charge on any atom is -0.481 e. The van der Waals surface area contributed by atoms with Gasteiger partial charge in [-0.05, 0) is 5.56 Å². The smallest absolute Gasteiger partial charge is 0.312 e. The van der Waals surface area contributed by atoms with E-state index in [1.807, 2.05) is 0 Å². The van der Waals surface area contributed by atoms with E-state index in [-0.39, 0.29) is 13.2 Å². The first-order valence-electron chi connectivity index (χ1n) is 5.02. The zero-order valence-electron chi connectivity index (χ0n) is 9.13. The first kappa shape index (κ1) is 13.1. The molecule has 0 heterocycles. The third kappa shape index (κ3) is 4.62. The molecule has 0 aliphatic rings. The molecule has 0 aliphatic carbocycles. The minimum absolute atomic E-state index is 0.0621. The Morgan fingerprint density at radius 2 is 2.00 bits per heavy atom. The Balaban J connectivity index is 2.51. The number of nitrogens with two attached hydrogens (primary N) is 1. The SMILES string of the molecule is NC(=O)CONCC(C(=O)O)c1ccccc1. The first-order chi connectivity index (χ1) is 8.11. The second-order valence-corrected chi connectivity index (χ2v) is 3.40. The van der Waals surface area contributed by atoms with Gasteiger partial charge in [-0.3, -0.25) is 14.4 Å². The summed E-state index contributed by atoms with van der Waals surface area (Å²) in [4.78, 5) is 26.1. The van der Waals surface area contributed by atoms with E-state index in [4.69, 9.17) is 15.7 Å². The second-order valence-electron chi connectivity index (χ2n) is 3.40. The molecule has 1 amide bonds. The van der Waals surface area contributed by atoms with Gasteiger partial charge in [0.15, 0.2) is 0 Å². The van der Waals surface area contributed by atoms with E-state index >= 15 is 0 Å². The van der Waals surface area contributed by atoms with Crippen LogP contribution in [0.1, 0.15) is 11.5 Å². The van der Waals surface area contributed by atoms with E-state index in [2.05, 4.69) is 5.48 Å². The highest BCUT2D eigenvalue weighted by Gasteiger charge is 2.19. The van der Waals surface area contributed by atoms with Gasteiger partial charge < -0.3 is 10.8 Å². The Hall–Kier alpha value is -1.92. The molecule has 0 spiro atoms. The number of hydroxylamine groups is 1. The fourth-order valence-corrected chi connectivity index (χ4v) is 1.30. The van der Waals surface area contributed by atoms with Crippen molar-refractivity contribution in [3.8, 4) is 0 Å². The maximum absolute atomic E-state index is 11.0. The lowest BCUT2D eigenvalue weighted by Gasteiger charge is -2.13. The highest BCUT2D eigenvalue weighted by atomic mass is 16.6. The summed E-state index contributed by atoms with van der Waals surface area (Å²) >= 11 is 0. The van der Waals surface area contributed by atoms with Gasteiger partial charge in [0.2, 0.25) is 5.91 Å². The second kappa shape index (κ2) is 6.62. The third-order valence-electron chi connectivity index (χ3n) is 2.10. The molecule has 92 valence electrons. The molecule has 0 aromatic heterocycles. The van der Waals surface area contributed by atoms with E-state index in [9.17, 15) is 9.59 Å². The van der Waals surface area contributed by atoms with Crippen molar-refractivity contribution in [2.45, 2.75) is 5.92 Å². The monoisotopic (exact) mass is 238 g/mol. The van der Waals surface area contributed by atoms with Crippen molar-refractivity contribution in [1.29, 1.82) is 0 Å². The van der Waals surface area contributed by atoms with Crippen molar-refractivity contribution in [3.63, 3.8) is 0 Å². The number of carboxylic acid groups (broad SMARTS) is 1. The molecule has 6 heteroatoms. The van der Waals surface area contributed by atoms with Crippen LogP contribution in [0.3, 0.4) is 0 Å². The van der Waals surface area contributed by atoms with E-state index in [0.29, 0.717) is 5.56 Å². The van der Waals surface area contributed by atoms with Crippen LogP contribution in [0.15, 0.2) is 30.3 Å². The third-order valence-corrected chi connectivity index (χ3v) is 2.10. The van der Waals surface area contributed by atoms with Gasteiger partial charge in [-0.2, -0.15) is 0 Å². The molecule has 0 bridgehead atoms. The van der Waals surface area contributed by atoms with Gasteiger partial charge >= 0.3 is 5.97 Å². The van der Waals surface area contributed by atoms with Crippen molar-refractivity contribution in [2.75, 3.05) is 13.2 Å². The Labute approximate surface area is 98.3 Å². The highest BCUT2D eigenvalue weighted by Crippen LogP contribution is 2.14. The van der Waals surface area contributed by atoms with E-state index in [1.54, 1.807) is 30.3 Å². The minimum atomic E-state index is -0.966. The van der Waals surface area contributed by atoms with Gasteiger partial charge in [-0.15, -0.1) is 0 Å². The molecule has 1 atom stereocenters. The number of hydrogen-bond donors (Lipinski definition) is 3. The molecule has 17 heavy (non-hydrogen) atoms. The van der Waals surface area contributed by atoms with Gasteiger partial charge in [0.25, 0.3) is 0 Å². The fraction of sp³-hybridized carbons (Fsp3) is 0.273. The predicted octanol–water partition coefficient (Wildman–Crippen LogP) is -0.139. The molecule has 0 aliphatic heterocycles. The molecule has 1 unspecified atom stereocenters. The van der Waals surface area contributed by atoms with Crippen LogP contribution >= 0.6 is 0 Å². The lowest BCUT2D eigenvalue weighted by molar-refractivity contribution is -0.139. The van der Waals surface area contributed by atoms with E-state index in [0.717, 1.165) is 0 Å². The zero-order chi connectivity index (χ0) is 12.7. The fourth-order valence-electron chi connectivity index (χ4n) is 1.30. The summed E-state index contributed by atoms with van der Waals surface area (Å²) in [6, 6.07) is 8.76. The molecule has 6 nitrogen and oxygen atoms in total. The maximum atomic E-state index is 11.0. The van der Waals surface area contributed by atoms with Crippen LogP contribution in [0.25, 0.3) is 0 Å². The number of carbonyl (C=O) groups excluding carboxylic acids is 1. The number of primary amides is 1. The van der Waals surface area contributed by atoms with Gasteiger partial charge in [-0.1, -0.05) is 30.3 Å². The molecule has 0 saturated heterocycles. The van der Waals surface area contributed by atoms with Crippen LogP contribution in [-0.4, -0.2) is 30.1 Å². The summed E-state index contributed by atoms with van der Waals surface area (Å²) in [6.45, 7) is -0.228. The lowest BCUT2D eigenvalue weighted by atomic mass is 10.00. The van der Waals surface area contributed by atoms with Crippen LogP contribution in [0, 0.1) is 0 Å². The number of hydrogen-bond acceptors (Lipinski definition) is 4. The number of benzene rings is 1. The summed E-state index contributed by atoms with van der Waals surface area (Å²) in [7, 11) is 0. The van der Waals surface area contributed by atoms with E-state index < -0.39 is 17.8 Å².